The molecule has 2 aromatic rings. The molecule has 0 radical (unpaired) electrons. The van der Waals surface area contributed by atoms with Gasteiger partial charge in [0, 0.05) is 49.5 Å². The third-order valence-corrected chi connectivity index (χ3v) is 7.53. The zero-order chi connectivity index (χ0) is 22.6. The Labute approximate surface area is 187 Å². The first-order valence-electron chi connectivity index (χ1n) is 11.3. The number of hydrogen-bond acceptors (Lipinski definition) is 6. The Kier molecular flexibility index (Phi) is 5.04. The monoisotopic (exact) mass is 438 g/mol. The number of ether oxygens (including phenoxy) is 3. The lowest BCUT2D eigenvalue weighted by Gasteiger charge is -2.56. The largest absolute Gasteiger partial charge is 0.497 e. The van der Waals surface area contributed by atoms with Gasteiger partial charge < -0.3 is 18.8 Å². The fraction of sp³-hybridized carbons (Fsp3) is 0.520. The Morgan fingerprint density at radius 3 is 2.53 bits per heavy atom. The zero-order valence-electron chi connectivity index (χ0n) is 19.1. The van der Waals surface area contributed by atoms with Crippen molar-refractivity contribution >= 4 is 22.8 Å². The molecule has 1 aromatic heterocycles. The van der Waals surface area contributed by atoms with E-state index >= 15 is 0 Å². The topological polar surface area (TPSA) is 70.0 Å². The Hall–Kier alpha value is -2.80. The van der Waals surface area contributed by atoms with Crippen LogP contribution in [0.5, 0.6) is 5.75 Å². The summed E-state index contributed by atoms with van der Waals surface area (Å²) in [5.74, 6) is 0.256. The van der Waals surface area contributed by atoms with Gasteiger partial charge in [0.25, 0.3) is 0 Å². The van der Waals surface area contributed by atoms with Crippen LogP contribution in [0.2, 0.25) is 0 Å². The van der Waals surface area contributed by atoms with Gasteiger partial charge in [-0.15, -0.1) is 0 Å². The first-order valence-corrected chi connectivity index (χ1v) is 11.3. The molecule has 0 spiro atoms. The lowest BCUT2D eigenvalue weighted by atomic mass is 9.68. The molecule has 5 rings (SSSR count). The van der Waals surface area contributed by atoms with Crippen molar-refractivity contribution in [2.24, 2.45) is 5.92 Å². The number of carbonyl (C=O) groups excluding carboxylic acids is 2. The van der Waals surface area contributed by atoms with Crippen molar-refractivity contribution in [2.45, 2.75) is 45.2 Å². The lowest BCUT2D eigenvalue weighted by Crippen LogP contribution is -2.60. The van der Waals surface area contributed by atoms with E-state index in [1.807, 2.05) is 6.07 Å². The van der Waals surface area contributed by atoms with Crippen molar-refractivity contribution < 1.29 is 23.8 Å². The molecule has 0 amide bonds. The van der Waals surface area contributed by atoms with Crippen molar-refractivity contribution in [1.82, 2.24) is 9.47 Å². The van der Waals surface area contributed by atoms with Crippen molar-refractivity contribution in [2.75, 3.05) is 33.4 Å². The molecule has 0 aliphatic carbocycles. The van der Waals surface area contributed by atoms with E-state index in [1.165, 1.54) is 36.1 Å². The summed E-state index contributed by atoms with van der Waals surface area (Å²) in [6.07, 6.45) is 4.05. The van der Waals surface area contributed by atoms with E-state index in [0.717, 1.165) is 37.2 Å². The van der Waals surface area contributed by atoms with Crippen LogP contribution in [0.25, 0.3) is 10.9 Å². The average Bonchev–Trinajstić information content (AvgIpc) is 3.12. The van der Waals surface area contributed by atoms with Crippen LogP contribution in [0.15, 0.2) is 29.8 Å². The third-order valence-electron chi connectivity index (χ3n) is 7.53. The molecule has 3 aliphatic rings. The number of allylic oxidation sites excluding steroid dienone is 1. The molecular weight excluding hydrogens is 408 g/mol. The second-order valence-corrected chi connectivity index (χ2v) is 9.13. The van der Waals surface area contributed by atoms with Gasteiger partial charge in [-0.05, 0) is 43.5 Å². The van der Waals surface area contributed by atoms with Gasteiger partial charge in [0.1, 0.15) is 24.5 Å². The molecule has 1 fully saturated rings. The first-order chi connectivity index (χ1) is 15.4. The smallest absolute Gasteiger partial charge is 0.302 e. The number of fused-ring (bicyclic) bond motifs is 4. The zero-order valence-corrected chi connectivity index (χ0v) is 19.1. The number of hydrogen-bond donors (Lipinski definition) is 0. The number of methoxy groups -OCH3 is 1. The van der Waals surface area contributed by atoms with E-state index in [0.29, 0.717) is 6.04 Å². The van der Waals surface area contributed by atoms with Crippen LogP contribution >= 0.6 is 0 Å². The fourth-order valence-corrected chi connectivity index (χ4v) is 6.17. The van der Waals surface area contributed by atoms with Gasteiger partial charge in [-0.25, -0.2) is 0 Å². The van der Waals surface area contributed by atoms with Gasteiger partial charge in [-0.1, -0.05) is 11.6 Å². The highest BCUT2D eigenvalue weighted by Gasteiger charge is 2.56. The van der Waals surface area contributed by atoms with Gasteiger partial charge in [0.2, 0.25) is 0 Å². The number of piperidine rings is 1. The van der Waals surface area contributed by atoms with E-state index in [9.17, 15) is 9.59 Å². The molecule has 32 heavy (non-hydrogen) atoms. The van der Waals surface area contributed by atoms with Crippen LogP contribution in [0.3, 0.4) is 0 Å². The first kappa shape index (κ1) is 21.1. The molecule has 170 valence electrons. The maximum atomic E-state index is 11.9. The molecule has 2 bridgehead atoms. The number of rotatable bonds is 5. The SMILES string of the molecule is C/C=C1\CN2CCc3c4n(c5ccc(OC)cc35)C(COC(C)=O)(COC(C)=O)C1CC42. The van der Waals surface area contributed by atoms with Gasteiger partial charge >= 0.3 is 11.9 Å². The van der Waals surface area contributed by atoms with Crippen molar-refractivity contribution in [1.29, 1.82) is 0 Å². The van der Waals surface area contributed by atoms with Crippen LogP contribution in [-0.2, 0) is 31.0 Å². The van der Waals surface area contributed by atoms with Crippen LogP contribution in [0.1, 0.15) is 44.5 Å². The maximum absolute atomic E-state index is 11.9. The summed E-state index contributed by atoms with van der Waals surface area (Å²) in [5.41, 5.74) is 4.29. The van der Waals surface area contributed by atoms with Gasteiger partial charge in [-0.2, -0.15) is 0 Å². The van der Waals surface area contributed by atoms with E-state index in [-0.39, 0.29) is 31.1 Å². The predicted molar refractivity (Wildman–Crippen MR) is 120 cm³/mol. The van der Waals surface area contributed by atoms with Crippen molar-refractivity contribution in [3.63, 3.8) is 0 Å². The van der Waals surface area contributed by atoms with Crippen LogP contribution in [-0.4, -0.2) is 54.8 Å². The van der Waals surface area contributed by atoms with Gasteiger partial charge in [0.15, 0.2) is 0 Å². The van der Waals surface area contributed by atoms with E-state index < -0.39 is 5.54 Å². The minimum Gasteiger partial charge on any atom is -0.497 e. The number of nitrogens with zero attached hydrogens (tertiary/aromatic N) is 2. The number of carbonyl (C=O) groups is 2. The Morgan fingerprint density at radius 2 is 1.91 bits per heavy atom. The Bertz CT molecular complexity index is 1110. The Morgan fingerprint density at radius 1 is 1.19 bits per heavy atom. The van der Waals surface area contributed by atoms with E-state index in [1.54, 1.807) is 7.11 Å². The molecule has 2 unspecified atom stereocenters. The highest BCUT2D eigenvalue weighted by molar-refractivity contribution is 5.88. The highest BCUT2D eigenvalue weighted by Crippen LogP contribution is 2.55. The van der Waals surface area contributed by atoms with Crippen LogP contribution < -0.4 is 4.74 Å². The quantitative estimate of drug-likeness (QED) is 0.527. The van der Waals surface area contributed by atoms with E-state index in [2.05, 4.69) is 34.6 Å². The minimum absolute atomic E-state index is 0.101. The molecule has 4 heterocycles. The molecule has 1 aromatic carbocycles. The number of aromatic nitrogens is 1. The molecule has 0 N–H and O–H groups in total. The molecule has 2 atom stereocenters. The molecular formula is C25H30N2O5. The average molecular weight is 439 g/mol. The Balaban J connectivity index is 1.82. The summed E-state index contributed by atoms with van der Waals surface area (Å²) < 4.78 is 19.3. The minimum atomic E-state index is -0.695. The third kappa shape index (κ3) is 2.98. The molecule has 7 nitrogen and oxygen atoms in total. The number of benzene rings is 1. The summed E-state index contributed by atoms with van der Waals surface area (Å²) in [6, 6.07) is 6.46. The second kappa shape index (κ2) is 7.66. The fourth-order valence-electron chi connectivity index (χ4n) is 6.17. The van der Waals surface area contributed by atoms with Crippen LogP contribution in [0.4, 0.5) is 0 Å². The lowest BCUT2D eigenvalue weighted by molar-refractivity contribution is -0.155. The summed E-state index contributed by atoms with van der Waals surface area (Å²) in [7, 11) is 1.68. The summed E-state index contributed by atoms with van der Waals surface area (Å²) in [6.45, 7) is 7.15. The summed E-state index contributed by atoms with van der Waals surface area (Å²) >= 11 is 0. The van der Waals surface area contributed by atoms with E-state index in [4.69, 9.17) is 14.2 Å². The standard InChI is InChI=1S/C25H30N2O5/c1-5-17-12-26-9-8-19-20-10-18(30-4)6-7-22(20)27-24(19)23(26)11-21(17)25(27,13-31-15(2)28)14-32-16(3)29/h5-7,10,21,23H,8-9,11-14H2,1-4H3/b17-5+. The summed E-state index contributed by atoms with van der Waals surface area (Å²) in [4.78, 5) is 26.4. The molecule has 1 saturated heterocycles. The predicted octanol–water partition coefficient (Wildman–Crippen LogP) is 3.35. The highest BCUT2D eigenvalue weighted by atomic mass is 16.5. The normalized spacial score (nSPS) is 24.4. The second-order valence-electron chi connectivity index (χ2n) is 9.13. The summed E-state index contributed by atoms with van der Waals surface area (Å²) in [5, 5.41) is 1.17. The van der Waals surface area contributed by atoms with Gasteiger partial charge in [-0.3, -0.25) is 14.5 Å². The van der Waals surface area contributed by atoms with Crippen molar-refractivity contribution in [3.05, 3.63) is 41.1 Å². The van der Waals surface area contributed by atoms with Crippen molar-refractivity contribution in [3.8, 4) is 5.75 Å². The van der Waals surface area contributed by atoms with Crippen LogP contribution in [0, 0.1) is 5.92 Å². The maximum Gasteiger partial charge on any atom is 0.302 e. The number of esters is 2. The molecule has 0 saturated carbocycles. The molecule has 3 aliphatic heterocycles. The van der Waals surface area contributed by atoms with Gasteiger partial charge in [0.05, 0.1) is 13.2 Å². The molecule has 7 heteroatoms.